The first-order valence-corrected chi connectivity index (χ1v) is 12.9. The van der Waals surface area contributed by atoms with Crippen molar-refractivity contribution in [1.82, 2.24) is 14.9 Å². The van der Waals surface area contributed by atoms with E-state index in [0.717, 1.165) is 30.2 Å². The van der Waals surface area contributed by atoms with E-state index in [1.54, 1.807) is 24.3 Å². The molecule has 13 heteroatoms. The zero-order chi connectivity index (χ0) is 28.6. The number of benzene rings is 2. The Morgan fingerprint density at radius 2 is 2.05 bits per heavy atom. The number of likely N-dealkylation sites (N-methyl/N-ethyl adjacent to an activating group) is 1. The monoisotopic (exact) mass is 567 g/mol. The summed E-state index contributed by atoms with van der Waals surface area (Å²) in [6, 6.07) is 7.99. The van der Waals surface area contributed by atoms with Crippen molar-refractivity contribution in [2.75, 3.05) is 49.8 Å². The van der Waals surface area contributed by atoms with Crippen molar-refractivity contribution in [2.45, 2.75) is 12.8 Å². The van der Waals surface area contributed by atoms with Gasteiger partial charge in [-0.2, -0.15) is 0 Å². The zero-order valence-electron chi connectivity index (χ0n) is 22.2. The first-order chi connectivity index (χ1) is 19.1. The second-order valence-electron chi connectivity index (χ2n) is 9.69. The van der Waals surface area contributed by atoms with Crippen molar-refractivity contribution in [3.63, 3.8) is 0 Å². The molecule has 208 valence electrons. The van der Waals surface area contributed by atoms with E-state index in [2.05, 4.69) is 25.6 Å². The number of carbonyl (C=O) groups is 2. The maximum absolute atomic E-state index is 14.5. The fourth-order valence-corrected chi connectivity index (χ4v) is 5.02. The number of halogens is 2. The average molecular weight is 568 g/mol. The lowest BCUT2D eigenvalue weighted by atomic mass is 10.00. The van der Waals surface area contributed by atoms with Gasteiger partial charge in [0.2, 0.25) is 17.4 Å². The highest BCUT2D eigenvalue weighted by Crippen LogP contribution is 2.38. The summed E-state index contributed by atoms with van der Waals surface area (Å²) in [5.41, 5.74) is 8.18. The first-order valence-electron chi connectivity index (χ1n) is 12.5. The van der Waals surface area contributed by atoms with Gasteiger partial charge in [0.25, 0.3) is 5.91 Å². The number of hydrogen-bond donors (Lipinski definition) is 4. The highest BCUT2D eigenvalue weighted by Gasteiger charge is 2.26. The molecule has 11 nitrogen and oxygen atoms in total. The van der Waals surface area contributed by atoms with Crippen LogP contribution in [0.4, 0.5) is 33.2 Å². The van der Waals surface area contributed by atoms with Crippen molar-refractivity contribution in [1.29, 1.82) is 0 Å². The molecule has 0 atom stereocenters. The van der Waals surface area contributed by atoms with Crippen molar-refractivity contribution in [3.05, 3.63) is 58.5 Å². The van der Waals surface area contributed by atoms with Crippen molar-refractivity contribution >= 4 is 63.3 Å². The molecule has 6 N–H and O–H groups in total. The molecule has 2 aromatic heterocycles. The van der Waals surface area contributed by atoms with E-state index in [1.807, 2.05) is 31.1 Å². The van der Waals surface area contributed by atoms with E-state index in [9.17, 15) is 14.0 Å². The fraction of sp³-hybridized carbons (Fsp3) is 0.259. The van der Waals surface area contributed by atoms with Crippen molar-refractivity contribution in [3.8, 4) is 5.75 Å². The molecule has 0 bridgehead atoms. The summed E-state index contributed by atoms with van der Waals surface area (Å²) >= 11 is 6.06. The summed E-state index contributed by atoms with van der Waals surface area (Å²) in [6.45, 7) is 0.913. The van der Waals surface area contributed by atoms with Crippen molar-refractivity contribution in [2.24, 2.45) is 5.73 Å². The Morgan fingerprint density at radius 3 is 2.77 bits per heavy atom. The van der Waals surface area contributed by atoms with E-state index >= 15 is 0 Å². The highest BCUT2D eigenvalue weighted by atomic mass is 35.5. The number of carbonyl (C=O) groups excluding carboxylic acids is 2. The van der Waals surface area contributed by atoms with Gasteiger partial charge in [0.1, 0.15) is 11.5 Å². The van der Waals surface area contributed by atoms with Gasteiger partial charge < -0.3 is 25.6 Å². The third kappa shape index (κ3) is 5.36. The largest absolute Gasteiger partial charge is 0.493 e. The molecule has 1 aliphatic rings. The Kier molecular flexibility index (Phi) is 7.46. The number of hydrogen-bond acceptors (Lipinski definition) is 7. The lowest BCUT2D eigenvalue weighted by molar-refractivity contribution is -0.333. The van der Waals surface area contributed by atoms with Crippen molar-refractivity contribution < 1.29 is 23.7 Å². The van der Waals surface area contributed by atoms with Crippen LogP contribution in [0.5, 0.6) is 5.75 Å². The van der Waals surface area contributed by atoms with Crippen LogP contribution in [0.3, 0.4) is 0 Å². The predicted molar refractivity (Wildman–Crippen MR) is 151 cm³/mol. The van der Waals surface area contributed by atoms with Crippen LogP contribution in [0.2, 0.25) is 5.02 Å². The standard InChI is InChI=1S/C27H28ClFN8O3/c1-36(2)13-22(38)37-8-4-5-14-9-21(40-3)18(12-20(14)37)33-27-34-25-16(6-7-31-25)26(35-27)32-19-11-15(28)10-17(29)23(19)24(30)39/h6-7,9-12H,4-5,8,13H2,1-3H3,(H2,30,39)(H3,31,32,33,34,35)/p+1. The lowest BCUT2D eigenvalue weighted by Gasteiger charge is -2.31. The molecule has 0 saturated carbocycles. The van der Waals surface area contributed by atoms with Gasteiger partial charge >= 0.3 is 5.95 Å². The van der Waals surface area contributed by atoms with Crippen LogP contribution >= 0.6 is 11.6 Å². The van der Waals surface area contributed by atoms with E-state index < -0.39 is 11.7 Å². The van der Waals surface area contributed by atoms with Crippen LogP contribution in [0.1, 0.15) is 22.3 Å². The van der Waals surface area contributed by atoms with Crippen LogP contribution < -0.4 is 31.0 Å². The Morgan fingerprint density at radius 1 is 1.25 bits per heavy atom. The van der Waals surface area contributed by atoms with Crippen LogP contribution in [-0.2, 0) is 11.2 Å². The first kappa shape index (κ1) is 27.2. The van der Waals surface area contributed by atoms with E-state index in [4.69, 9.17) is 22.1 Å². The van der Waals surface area contributed by atoms with Gasteiger partial charge in [0, 0.05) is 23.8 Å². The Labute approximate surface area is 234 Å². The average Bonchev–Trinajstić information content (AvgIpc) is 3.36. The summed E-state index contributed by atoms with van der Waals surface area (Å²) in [5, 5.41) is 6.98. The molecule has 0 radical (unpaired) electrons. The number of anilines is 5. The number of rotatable bonds is 8. The van der Waals surface area contributed by atoms with Gasteiger partial charge in [-0.1, -0.05) is 16.6 Å². The number of aromatic amines is 2. The quantitative estimate of drug-likeness (QED) is 0.255. The molecule has 2 amide bonds. The minimum Gasteiger partial charge on any atom is -0.493 e. The number of nitrogens with zero attached hydrogens (tertiary/aromatic N) is 3. The van der Waals surface area contributed by atoms with Crippen LogP contribution in [0.15, 0.2) is 36.5 Å². The molecule has 40 heavy (non-hydrogen) atoms. The Hall–Kier alpha value is -4.42. The molecular formula is C27H29ClFN8O3+. The molecule has 0 fully saturated rings. The molecule has 0 saturated heterocycles. The molecule has 1 aliphatic heterocycles. The number of fused-ring (bicyclic) bond motifs is 2. The SMILES string of the molecule is COc1cc2c(cc1Nc1nc(Nc3cc(Cl)cc(F)c3C(N)=O)c3cc[nH]c3[nH+]1)N(C(=O)CN(C)C)CCC2. The molecule has 4 aromatic rings. The third-order valence-corrected chi connectivity index (χ3v) is 6.77. The van der Waals surface area contributed by atoms with E-state index in [0.29, 0.717) is 47.3 Å². The number of methoxy groups -OCH3 is 1. The second-order valence-corrected chi connectivity index (χ2v) is 10.1. The molecule has 2 aromatic carbocycles. The number of aryl methyl sites for hydroxylation is 1. The van der Waals surface area contributed by atoms with Gasteiger partial charge in [0.15, 0.2) is 5.75 Å². The predicted octanol–water partition coefficient (Wildman–Crippen LogP) is 3.61. The zero-order valence-corrected chi connectivity index (χ0v) is 22.9. The maximum atomic E-state index is 14.5. The van der Waals surface area contributed by atoms with Crippen LogP contribution in [-0.4, -0.2) is 61.0 Å². The molecule has 5 rings (SSSR count). The third-order valence-electron chi connectivity index (χ3n) is 6.55. The summed E-state index contributed by atoms with van der Waals surface area (Å²) < 4.78 is 20.2. The smallest absolute Gasteiger partial charge is 0.351 e. The van der Waals surface area contributed by atoms with Crippen LogP contribution in [0.25, 0.3) is 11.0 Å². The highest BCUT2D eigenvalue weighted by molar-refractivity contribution is 6.31. The van der Waals surface area contributed by atoms with Crippen LogP contribution in [0, 0.1) is 5.82 Å². The van der Waals surface area contributed by atoms with Gasteiger partial charge in [-0.3, -0.25) is 19.9 Å². The number of nitrogens with one attached hydrogen (secondary N) is 4. The molecule has 3 heterocycles. The minimum atomic E-state index is -0.949. The second kappa shape index (κ2) is 11.0. The van der Waals surface area contributed by atoms with E-state index in [1.165, 1.54) is 6.07 Å². The van der Waals surface area contributed by atoms with E-state index in [-0.39, 0.29) is 22.2 Å². The summed E-state index contributed by atoms with van der Waals surface area (Å²) in [6.07, 6.45) is 3.38. The number of ether oxygens (including phenoxy) is 1. The number of aromatic nitrogens is 3. The summed E-state index contributed by atoms with van der Waals surface area (Å²) in [7, 11) is 5.29. The normalized spacial score (nSPS) is 12.9. The van der Waals surface area contributed by atoms with Gasteiger partial charge in [-0.15, -0.1) is 0 Å². The lowest BCUT2D eigenvalue weighted by Crippen LogP contribution is -2.40. The molecule has 0 aliphatic carbocycles. The number of primary amides is 1. The fourth-order valence-electron chi connectivity index (χ4n) is 4.81. The van der Waals surface area contributed by atoms with Gasteiger partial charge in [0.05, 0.1) is 36.0 Å². The molecule has 0 unspecified atom stereocenters. The number of nitrogens with two attached hydrogens (primary N) is 1. The number of H-pyrrole nitrogens is 2. The topological polar surface area (TPSA) is 143 Å². The van der Waals surface area contributed by atoms with Gasteiger partial charge in [-0.05, 0) is 56.8 Å². The maximum Gasteiger partial charge on any atom is 0.351 e. The summed E-state index contributed by atoms with van der Waals surface area (Å²) in [4.78, 5) is 39.5. The molecule has 0 spiro atoms. The minimum absolute atomic E-state index is 0.00468. The summed E-state index contributed by atoms with van der Waals surface area (Å²) in [5.74, 6) is -0.604. The molecular weight excluding hydrogens is 539 g/mol. The number of amides is 2. The Balaban J connectivity index is 1.55. The Bertz CT molecular complexity index is 1620. The van der Waals surface area contributed by atoms with Gasteiger partial charge in [-0.25, -0.2) is 9.37 Å².